The molecule has 0 aliphatic heterocycles. The van der Waals surface area contributed by atoms with Gasteiger partial charge in [0.15, 0.2) is 0 Å². The fourth-order valence-corrected chi connectivity index (χ4v) is 2.31. The summed E-state index contributed by atoms with van der Waals surface area (Å²) < 4.78 is 0. The Morgan fingerprint density at radius 1 is 1.31 bits per heavy atom. The molecule has 2 nitrogen and oxygen atoms in total. The van der Waals surface area contributed by atoms with Gasteiger partial charge in [0.05, 0.1) is 0 Å². The lowest BCUT2D eigenvalue weighted by Crippen LogP contribution is -2.35. The first-order valence-electron chi connectivity index (χ1n) is 6.36. The Labute approximate surface area is 108 Å². The van der Waals surface area contributed by atoms with E-state index in [9.17, 15) is 4.79 Å². The van der Waals surface area contributed by atoms with Crippen molar-refractivity contribution in [3.63, 3.8) is 0 Å². The van der Waals surface area contributed by atoms with Crippen molar-refractivity contribution in [2.75, 3.05) is 11.9 Å². The molecule has 0 unspecified atom stereocenters. The second-order valence-electron chi connectivity index (χ2n) is 5.78. The van der Waals surface area contributed by atoms with Gasteiger partial charge in [0.25, 0.3) is 0 Å². The molecule has 0 aromatic carbocycles. The molecule has 0 aromatic rings. The first kappa shape index (κ1) is 14.0. The minimum absolute atomic E-state index is 0.155. The SMILES string of the molecule is CC(C)(CBr)CNC(=O)CC1CCCCC1. The number of hydrogen-bond donors (Lipinski definition) is 1. The van der Waals surface area contributed by atoms with Crippen LogP contribution in [0.25, 0.3) is 0 Å². The number of carbonyl (C=O) groups excluding carboxylic acids is 1. The van der Waals surface area contributed by atoms with Gasteiger partial charge in [0.1, 0.15) is 0 Å². The van der Waals surface area contributed by atoms with Crippen molar-refractivity contribution in [2.45, 2.75) is 52.4 Å². The third-order valence-corrected chi connectivity index (χ3v) is 4.84. The van der Waals surface area contributed by atoms with Gasteiger partial charge >= 0.3 is 0 Å². The van der Waals surface area contributed by atoms with E-state index >= 15 is 0 Å². The van der Waals surface area contributed by atoms with Crippen molar-refractivity contribution in [1.82, 2.24) is 5.32 Å². The summed E-state index contributed by atoms with van der Waals surface area (Å²) in [6.07, 6.45) is 7.20. The molecule has 1 rings (SSSR count). The van der Waals surface area contributed by atoms with E-state index in [1.807, 2.05) is 0 Å². The summed E-state index contributed by atoms with van der Waals surface area (Å²) in [5.41, 5.74) is 0.155. The van der Waals surface area contributed by atoms with Crippen molar-refractivity contribution < 1.29 is 4.79 Å². The van der Waals surface area contributed by atoms with E-state index in [1.165, 1.54) is 32.1 Å². The number of nitrogens with one attached hydrogen (secondary N) is 1. The van der Waals surface area contributed by atoms with Crippen molar-refractivity contribution in [2.24, 2.45) is 11.3 Å². The molecule has 0 spiro atoms. The molecule has 0 aromatic heterocycles. The fraction of sp³-hybridized carbons (Fsp3) is 0.923. The number of hydrogen-bond acceptors (Lipinski definition) is 1. The molecule has 3 heteroatoms. The molecule has 16 heavy (non-hydrogen) atoms. The topological polar surface area (TPSA) is 29.1 Å². The minimum atomic E-state index is 0.155. The van der Waals surface area contributed by atoms with Gasteiger partial charge in [-0.05, 0) is 24.2 Å². The number of amides is 1. The standard InChI is InChI=1S/C13H24BrNO/c1-13(2,9-14)10-15-12(16)8-11-6-4-3-5-7-11/h11H,3-10H2,1-2H3,(H,15,16). The summed E-state index contributed by atoms with van der Waals surface area (Å²) in [4.78, 5) is 11.7. The Morgan fingerprint density at radius 2 is 1.94 bits per heavy atom. The first-order valence-corrected chi connectivity index (χ1v) is 7.48. The largest absolute Gasteiger partial charge is 0.356 e. The van der Waals surface area contributed by atoms with Crippen molar-refractivity contribution in [1.29, 1.82) is 0 Å². The van der Waals surface area contributed by atoms with Gasteiger partial charge in [-0.3, -0.25) is 4.79 Å². The smallest absolute Gasteiger partial charge is 0.220 e. The van der Waals surface area contributed by atoms with Crippen LogP contribution in [0, 0.1) is 11.3 Å². The molecule has 1 saturated carbocycles. The van der Waals surface area contributed by atoms with E-state index in [1.54, 1.807) is 0 Å². The van der Waals surface area contributed by atoms with Crippen LogP contribution in [0.5, 0.6) is 0 Å². The zero-order valence-electron chi connectivity index (χ0n) is 10.5. The molecule has 1 aliphatic rings. The van der Waals surface area contributed by atoms with Gasteiger partial charge in [-0.25, -0.2) is 0 Å². The zero-order valence-corrected chi connectivity index (χ0v) is 12.1. The molecule has 0 bridgehead atoms. The predicted molar refractivity (Wildman–Crippen MR) is 71.8 cm³/mol. The van der Waals surface area contributed by atoms with Crippen LogP contribution in [0.1, 0.15) is 52.4 Å². The highest BCUT2D eigenvalue weighted by atomic mass is 79.9. The van der Waals surface area contributed by atoms with E-state index in [0.717, 1.165) is 18.3 Å². The molecule has 0 atom stereocenters. The fourth-order valence-electron chi connectivity index (χ4n) is 2.11. The number of alkyl halides is 1. The maximum atomic E-state index is 11.7. The summed E-state index contributed by atoms with van der Waals surface area (Å²) in [5, 5.41) is 3.97. The average molecular weight is 290 g/mol. The Bertz CT molecular complexity index is 222. The molecule has 1 N–H and O–H groups in total. The van der Waals surface area contributed by atoms with Crippen LogP contribution in [-0.2, 0) is 4.79 Å². The molecule has 0 radical (unpaired) electrons. The van der Waals surface area contributed by atoms with Crippen LogP contribution in [-0.4, -0.2) is 17.8 Å². The van der Waals surface area contributed by atoms with E-state index in [2.05, 4.69) is 35.1 Å². The second kappa shape index (κ2) is 6.63. The van der Waals surface area contributed by atoms with Gasteiger partial charge in [0, 0.05) is 18.3 Å². The van der Waals surface area contributed by atoms with E-state index in [-0.39, 0.29) is 11.3 Å². The highest BCUT2D eigenvalue weighted by Crippen LogP contribution is 2.26. The highest BCUT2D eigenvalue weighted by molar-refractivity contribution is 9.09. The van der Waals surface area contributed by atoms with Gasteiger partial charge in [-0.1, -0.05) is 49.0 Å². The van der Waals surface area contributed by atoms with E-state index < -0.39 is 0 Å². The van der Waals surface area contributed by atoms with Crippen LogP contribution < -0.4 is 5.32 Å². The van der Waals surface area contributed by atoms with E-state index in [0.29, 0.717) is 5.92 Å². The first-order chi connectivity index (χ1) is 7.53. The molecule has 1 fully saturated rings. The van der Waals surface area contributed by atoms with Crippen molar-refractivity contribution >= 4 is 21.8 Å². The van der Waals surface area contributed by atoms with Crippen LogP contribution in [0.15, 0.2) is 0 Å². The molecule has 94 valence electrons. The monoisotopic (exact) mass is 289 g/mol. The van der Waals surface area contributed by atoms with Crippen molar-refractivity contribution in [3.05, 3.63) is 0 Å². The maximum absolute atomic E-state index is 11.7. The van der Waals surface area contributed by atoms with E-state index in [4.69, 9.17) is 0 Å². The van der Waals surface area contributed by atoms with Crippen LogP contribution in [0.4, 0.5) is 0 Å². The van der Waals surface area contributed by atoms with Gasteiger partial charge in [0.2, 0.25) is 5.91 Å². The zero-order chi connectivity index (χ0) is 12.0. The lowest BCUT2D eigenvalue weighted by Gasteiger charge is -2.24. The Hall–Kier alpha value is -0.0500. The molecular weight excluding hydrogens is 266 g/mol. The molecular formula is C13H24BrNO. The average Bonchev–Trinajstić information content (AvgIpc) is 2.28. The van der Waals surface area contributed by atoms with Crippen LogP contribution in [0.2, 0.25) is 0 Å². The van der Waals surface area contributed by atoms with Crippen LogP contribution >= 0.6 is 15.9 Å². The quantitative estimate of drug-likeness (QED) is 0.771. The van der Waals surface area contributed by atoms with Gasteiger partial charge in [-0.2, -0.15) is 0 Å². The molecule has 0 saturated heterocycles. The Kier molecular flexibility index (Phi) is 5.81. The summed E-state index contributed by atoms with van der Waals surface area (Å²) in [6.45, 7) is 5.08. The minimum Gasteiger partial charge on any atom is -0.356 e. The predicted octanol–water partition coefficient (Wildman–Crippen LogP) is 3.49. The number of rotatable bonds is 5. The van der Waals surface area contributed by atoms with Crippen LogP contribution in [0.3, 0.4) is 0 Å². The third-order valence-electron chi connectivity index (χ3n) is 3.32. The van der Waals surface area contributed by atoms with Gasteiger partial charge in [-0.15, -0.1) is 0 Å². The number of halogens is 1. The summed E-state index contributed by atoms with van der Waals surface area (Å²) in [6, 6.07) is 0. The van der Waals surface area contributed by atoms with Gasteiger partial charge < -0.3 is 5.32 Å². The van der Waals surface area contributed by atoms with Crippen molar-refractivity contribution in [3.8, 4) is 0 Å². The lowest BCUT2D eigenvalue weighted by molar-refractivity contribution is -0.122. The molecule has 0 heterocycles. The number of carbonyl (C=O) groups is 1. The lowest BCUT2D eigenvalue weighted by atomic mass is 9.86. The molecule has 1 amide bonds. The normalized spacial score (nSPS) is 18.4. The Morgan fingerprint density at radius 3 is 2.50 bits per heavy atom. The third kappa shape index (κ3) is 5.33. The summed E-state index contributed by atoms with van der Waals surface area (Å²) in [5.74, 6) is 0.877. The summed E-state index contributed by atoms with van der Waals surface area (Å²) in [7, 11) is 0. The Balaban J connectivity index is 2.19. The molecule has 1 aliphatic carbocycles. The second-order valence-corrected chi connectivity index (χ2v) is 6.34. The summed E-state index contributed by atoms with van der Waals surface area (Å²) >= 11 is 3.47. The highest BCUT2D eigenvalue weighted by Gasteiger charge is 2.20. The maximum Gasteiger partial charge on any atom is 0.220 e.